The van der Waals surface area contributed by atoms with Crippen molar-refractivity contribution in [1.29, 1.82) is 0 Å². The number of aromatic nitrogens is 1. The number of pyridine rings is 1. The number of rotatable bonds is 4. The number of para-hydroxylation sites is 1. The predicted octanol–water partition coefficient (Wildman–Crippen LogP) is 6.36. The Labute approximate surface area is 260 Å². The Bertz CT molecular complexity index is 1380. The molecule has 1 spiro atoms. The van der Waals surface area contributed by atoms with E-state index < -0.39 is 0 Å². The second kappa shape index (κ2) is 14.0. The number of ether oxygens (including phenoxy) is 3. The Hall–Kier alpha value is -3.29. The molecule has 8 heteroatoms. The zero-order chi connectivity index (χ0) is 29.5. The number of hydrogen-bond acceptors (Lipinski definition) is 6. The number of hydrogen-bond donors (Lipinski definition) is 0. The van der Waals surface area contributed by atoms with Crippen LogP contribution in [0.25, 0.3) is 0 Å². The molecule has 0 atom stereocenters. The normalized spacial score (nSPS) is 19.3. The van der Waals surface area contributed by atoms with Gasteiger partial charge >= 0.3 is 0 Å². The van der Waals surface area contributed by atoms with Gasteiger partial charge in [0.1, 0.15) is 12.4 Å². The summed E-state index contributed by atoms with van der Waals surface area (Å²) in [6.45, 7) is 5.96. The first-order valence-corrected chi connectivity index (χ1v) is 16.1. The van der Waals surface area contributed by atoms with Crippen molar-refractivity contribution in [3.05, 3.63) is 82.6 Å². The number of halogens is 1. The van der Waals surface area contributed by atoms with Crippen molar-refractivity contribution in [2.24, 2.45) is 5.41 Å². The predicted molar refractivity (Wildman–Crippen MR) is 168 cm³/mol. The highest BCUT2D eigenvalue weighted by molar-refractivity contribution is 6.32. The first kappa shape index (κ1) is 29.8. The van der Waals surface area contributed by atoms with Crippen LogP contribution in [0, 0.1) is 5.41 Å². The molecule has 6 rings (SSSR count). The first-order chi connectivity index (χ1) is 21.1. The smallest absolute Gasteiger partial charge is 0.226 e. The van der Waals surface area contributed by atoms with Gasteiger partial charge in [-0.2, -0.15) is 0 Å². The number of fused-ring (bicyclic) bond motifs is 2. The van der Waals surface area contributed by atoms with Crippen LogP contribution >= 0.6 is 11.6 Å². The van der Waals surface area contributed by atoms with Gasteiger partial charge in [-0.25, -0.2) is 0 Å². The highest BCUT2D eigenvalue weighted by Gasteiger charge is 2.37. The molecule has 7 nitrogen and oxygen atoms in total. The summed E-state index contributed by atoms with van der Waals surface area (Å²) in [5, 5.41) is 0.507. The number of carbonyl (C=O) groups excluding carboxylic acids is 1. The summed E-state index contributed by atoms with van der Waals surface area (Å²) < 4.78 is 17.9. The third kappa shape index (κ3) is 7.63. The third-order valence-electron chi connectivity index (χ3n) is 9.11. The van der Waals surface area contributed by atoms with E-state index in [-0.39, 0.29) is 11.3 Å². The molecular weight excluding hydrogens is 562 g/mol. The van der Waals surface area contributed by atoms with Gasteiger partial charge < -0.3 is 19.1 Å². The topological polar surface area (TPSA) is 64.1 Å². The SMILES string of the molecule is O=C(Cc1cc(Cl)c2c(c1)OCCCO2)N1CCC2(CCCCc3ccccc3OCCN(Cc3ccccn3)C2)CC1. The lowest BCUT2D eigenvalue weighted by Crippen LogP contribution is -2.49. The van der Waals surface area contributed by atoms with E-state index in [0.717, 1.165) is 94.7 Å². The molecule has 43 heavy (non-hydrogen) atoms. The van der Waals surface area contributed by atoms with Crippen LogP contribution in [0.5, 0.6) is 17.2 Å². The Morgan fingerprint density at radius 3 is 2.53 bits per heavy atom. The van der Waals surface area contributed by atoms with Gasteiger partial charge in [-0.3, -0.25) is 14.7 Å². The van der Waals surface area contributed by atoms with Crippen molar-refractivity contribution < 1.29 is 19.0 Å². The van der Waals surface area contributed by atoms with Gasteiger partial charge in [0.2, 0.25) is 5.91 Å². The van der Waals surface area contributed by atoms with Crippen LogP contribution < -0.4 is 14.2 Å². The second-order valence-corrected chi connectivity index (χ2v) is 12.6. The number of aryl methyl sites for hydroxylation is 1. The quantitative estimate of drug-likeness (QED) is 0.346. The van der Waals surface area contributed by atoms with Gasteiger partial charge in [0.05, 0.1) is 30.4 Å². The van der Waals surface area contributed by atoms with Gasteiger partial charge in [-0.05, 0) is 79.0 Å². The molecular formula is C35H42ClN3O4. The number of amides is 1. The molecule has 1 amide bonds. The summed E-state index contributed by atoms with van der Waals surface area (Å²) in [5.74, 6) is 2.38. The molecule has 0 bridgehead atoms. The molecule has 0 N–H and O–H groups in total. The number of piperidine rings is 1. The van der Waals surface area contributed by atoms with Crippen molar-refractivity contribution >= 4 is 17.5 Å². The number of likely N-dealkylation sites (tertiary alicyclic amines) is 1. The van der Waals surface area contributed by atoms with Crippen LogP contribution in [-0.2, 0) is 24.2 Å². The minimum Gasteiger partial charge on any atom is -0.492 e. The molecule has 0 aliphatic carbocycles. The molecule has 3 aliphatic heterocycles. The van der Waals surface area contributed by atoms with Crippen LogP contribution in [0.15, 0.2) is 60.8 Å². The molecule has 0 radical (unpaired) electrons. The molecule has 3 aliphatic rings. The zero-order valence-corrected chi connectivity index (χ0v) is 25.7. The van der Waals surface area contributed by atoms with Gasteiger partial charge in [0, 0.05) is 45.3 Å². The largest absolute Gasteiger partial charge is 0.492 e. The minimum absolute atomic E-state index is 0.143. The monoisotopic (exact) mass is 603 g/mol. The number of carbonyl (C=O) groups is 1. The summed E-state index contributed by atoms with van der Waals surface area (Å²) >= 11 is 6.51. The molecule has 0 saturated carbocycles. The van der Waals surface area contributed by atoms with Crippen LogP contribution in [0.2, 0.25) is 5.02 Å². The maximum Gasteiger partial charge on any atom is 0.226 e. The minimum atomic E-state index is 0.143. The highest BCUT2D eigenvalue weighted by atomic mass is 35.5. The lowest BCUT2D eigenvalue weighted by atomic mass is 9.73. The van der Waals surface area contributed by atoms with E-state index in [1.54, 1.807) is 0 Å². The zero-order valence-electron chi connectivity index (χ0n) is 24.9. The van der Waals surface area contributed by atoms with Crippen molar-refractivity contribution in [3.8, 4) is 17.2 Å². The van der Waals surface area contributed by atoms with Gasteiger partial charge in [0.25, 0.3) is 0 Å². The molecule has 228 valence electrons. The van der Waals surface area contributed by atoms with E-state index in [0.29, 0.717) is 42.8 Å². The van der Waals surface area contributed by atoms with E-state index in [9.17, 15) is 4.79 Å². The van der Waals surface area contributed by atoms with Crippen molar-refractivity contribution in [1.82, 2.24) is 14.8 Å². The van der Waals surface area contributed by atoms with Crippen LogP contribution in [-0.4, -0.2) is 66.7 Å². The first-order valence-electron chi connectivity index (χ1n) is 15.8. The van der Waals surface area contributed by atoms with E-state index >= 15 is 0 Å². The summed E-state index contributed by atoms with van der Waals surface area (Å²) in [6.07, 6.45) is 9.48. The molecule has 1 aromatic heterocycles. The third-order valence-corrected chi connectivity index (χ3v) is 9.39. The number of nitrogens with zero attached hydrogens (tertiary/aromatic N) is 3. The molecule has 1 saturated heterocycles. The lowest BCUT2D eigenvalue weighted by molar-refractivity contribution is -0.133. The van der Waals surface area contributed by atoms with Gasteiger partial charge in [0.15, 0.2) is 11.5 Å². The molecule has 1 fully saturated rings. The summed E-state index contributed by atoms with van der Waals surface area (Å²) in [6, 6.07) is 18.4. The highest BCUT2D eigenvalue weighted by Crippen LogP contribution is 2.40. The van der Waals surface area contributed by atoms with E-state index in [2.05, 4.69) is 46.3 Å². The average Bonchev–Trinajstić information content (AvgIpc) is 3.26. The van der Waals surface area contributed by atoms with Crippen molar-refractivity contribution in [2.75, 3.05) is 46.0 Å². The van der Waals surface area contributed by atoms with Crippen LogP contribution in [0.1, 0.15) is 55.3 Å². The van der Waals surface area contributed by atoms with Crippen molar-refractivity contribution in [2.45, 2.75) is 57.9 Å². The summed E-state index contributed by atoms with van der Waals surface area (Å²) in [4.78, 5) is 22.7. The molecule has 4 heterocycles. The Balaban J connectivity index is 1.14. The molecule has 0 unspecified atom stereocenters. The standard InChI is InChI=1S/C35H42ClN3O4/c36-30-22-27(23-32-34(30)43-20-7-19-41-32)24-33(40)39-16-13-35(14-17-39)12-5-3-9-28-8-1-2-11-31(28)42-21-18-38(26-35)25-29-10-4-6-15-37-29/h1-2,4,6,8,10-11,15,22-23H,3,5,7,9,12-14,16-21,24-26H2. The fourth-order valence-electron chi connectivity index (χ4n) is 6.75. The van der Waals surface area contributed by atoms with Gasteiger partial charge in [-0.1, -0.05) is 42.3 Å². The maximum absolute atomic E-state index is 13.5. The van der Waals surface area contributed by atoms with E-state index in [1.807, 2.05) is 29.3 Å². The lowest BCUT2D eigenvalue weighted by Gasteiger charge is -2.45. The van der Waals surface area contributed by atoms with E-state index in [4.69, 9.17) is 25.8 Å². The number of benzene rings is 2. The average molecular weight is 604 g/mol. The Morgan fingerprint density at radius 2 is 1.67 bits per heavy atom. The van der Waals surface area contributed by atoms with Gasteiger partial charge in [-0.15, -0.1) is 0 Å². The molecule has 3 aromatic rings. The van der Waals surface area contributed by atoms with Crippen molar-refractivity contribution in [3.63, 3.8) is 0 Å². The Morgan fingerprint density at radius 1 is 0.860 bits per heavy atom. The fourth-order valence-corrected chi connectivity index (χ4v) is 7.04. The summed E-state index contributed by atoms with van der Waals surface area (Å²) in [7, 11) is 0. The maximum atomic E-state index is 13.5. The van der Waals surface area contributed by atoms with E-state index in [1.165, 1.54) is 5.56 Å². The molecule has 2 aromatic carbocycles. The fraction of sp³-hybridized carbons (Fsp3) is 0.486. The Kier molecular flexibility index (Phi) is 9.69. The second-order valence-electron chi connectivity index (χ2n) is 12.2. The summed E-state index contributed by atoms with van der Waals surface area (Å²) in [5.41, 5.74) is 3.39. The van der Waals surface area contributed by atoms with Crippen LogP contribution in [0.4, 0.5) is 0 Å². The van der Waals surface area contributed by atoms with Crippen LogP contribution in [0.3, 0.4) is 0 Å².